The van der Waals surface area contributed by atoms with E-state index in [4.69, 9.17) is 15.9 Å². The van der Waals surface area contributed by atoms with Crippen molar-refractivity contribution in [2.75, 3.05) is 13.2 Å². The summed E-state index contributed by atoms with van der Waals surface area (Å²) in [7, 11) is 0. The topological polar surface area (TPSA) is 64.6 Å². The van der Waals surface area contributed by atoms with Crippen molar-refractivity contribution in [1.29, 1.82) is 0 Å². The molecule has 1 aromatic carbocycles. The summed E-state index contributed by atoms with van der Waals surface area (Å²) >= 11 is 0. The molecule has 2 atom stereocenters. The van der Waals surface area contributed by atoms with E-state index in [0.717, 1.165) is 25.0 Å². The third-order valence-corrected chi connectivity index (χ3v) is 3.86. The molecule has 0 radical (unpaired) electrons. The van der Waals surface area contributed by atoms with Crippen LogP contribution in [0.3, 0.4) is 0 Å². The molecule has 27 heavy (non-hydrogen) atoms. The van der Waals surface area contributed by atoms with Gasteiger partial charge in [-0.3, -0.25) is 0 Å². The van der Waals surface area contributed by atoms with Gasteiger partial charge in [0.2, 0.25) is 0 Å². The van der Waals surface area contributed by atoms with Gasteiger partial charge in [-0.25, -0.2) is 18.4 Å². The third kappa shape index (κ3) is 9.04. The van der Waals surface area contributed by atoms with Crippen molar-refractivity contribution in [3.63, 3.8) is 0 Å². The number of carbonyl (C=O) groups is 2. The Morgan fingerprint density at radius 1 is 1.19 bits per heavy atom. The normalized spacial score (nSPS) is 12.6. The Hall–Kier alpha value is -2.62. The molecule has 1 N–H and O–H groups in total. The lowest BCUT2D eigenvalue weighted by molar-refractivity contribution is -0.144. The molecule has 0 bridgehead atoms. The minimum absolute atomic E-state index is 0.167. The number of hydrogen-bond donors (Lipinski definition) is 1. The fourth-order valence-electron chi connectivity index (χ4n) is 2.55. The lowest BCUT2D eigenvalue weighted by Crippen LogP contribution is -2.43. The van der Waals surface area contributed by atoms with E-state index in [9.17, 15) is 18.4 Å². The fraction of sp³-hybridized carbons (Fsp3) is 0.500. The number of alkyl carbamates (subject to hydrolysis) is 1. The van der Waals surface area contributed by atoms with E-state index >= 15 is 0 Å². The second kappa shape index (κ2) is 11.9. The van der Waals surface area contributed by atoms with Gasteiger partial charge in [-0.1, -0.05) is 32.6 Å². The van der Waals surface area contributed by atoms with Gasteiger partial charge >= 0.3 is 12.1 Å². The fourth-order valence-corrected chi connectivity index (χ4v) is 2.55. The first-order chi connectivity index (χ1) is 12.8. The van der Waals surface area contributed by atoms with E-state index in [1.165, 1.54) is 0 Å². The van der Waals surface area contributed by atoms with Crippen molar-refractivity contribution in [3.8, 4) is 12.3 Å². The number of rotatable bonds is 10. The molecule has 5 nitrogen and oxygen atoms in total. The van der Waals surface area contributed by atoms with Crippen LogP contribution in [0.4, 0.5) is 13.6 Å². The van der Waals surface area contributed by atoms with Crippen LogP contribution in [-0.4, -0.2) is 31.3 Å². The number of ether oxygens (including phenoxy) is 2. The number of carbonyl (C=O) groups excluding carboxylic acids is 2. The summed E-state index contributed by atoms with van der Waals surface area (Å²) in [6.45, 7) is 4.06. The SMILES string of the molecule is C#CCOC(=O)[C@H](Cc1cc(F)cc(F)c1)NC(=O)OCCC(C)CCC. The predicted molar refractivity (Wildman–Crippen MR) is 96.8 cm³/mol. The maximum Gasteiger partial charge on any atom is 0.407 e. The summed E-state index contributed by atoms with van der Waals surface area (Å²) in [4.78, 5) is 24.1. The summed E-state index contributed by atoms with van der Waals surface area (Å²) in [6.07, 6.45) is 6.84. The van der Waals surface area contributed by atoms with Crippen molar-refractivity contribution in [2.45, 2.75) is 45.6 Å². The Balaban J connectivity index is 2.69. The number of nitrogens with one attached hydrogen (secondary N) is 1. The minimum atomic E-state index is -1.18. The Morgan fingerprint density at radius 3 is 2.44 bits per heavy atom. The van der Waals surface area contributed by atoms with Gasteiger partial charge in [0.15, 0.2) is 6.61 Å². The van der Waals surface area contributed by atoms with Gasteiger partial charge in [0.05, 0.1) is 6.61 Å². The van der Waals surface area contributed by atoms with Gasteiger partial charge in [0.25, 0.3) is 0 Å². The maximum atomic E-state index is 13.4. The molecule has 0 saturated carbocycles. The first-order valence-electron chi connectivity index (χ1n) is 8.84. The summed E-state index contributed by atoms with van der Waals surface area (Å²) < 4.78 is 36.6. The molecule has 7 heteroatoms. The molecule has 1 unspecified atom stereocenters. The van der Waals surface area contributed by atoms with Crippen molar-refractivity contribution in [3.05, 3.63) is 35.4 Å². The molecule has 0 spiro atoms. The van der Waals surface area contributed by atoms with Crippen LogP contribution in [0, 0.1) is 29.9 Å². The van der Waals surface area contributed by atoms with Crippen molar-refractivity contribution in [1.82, 2.24) is 5.32 Å². The summed E-state index contributed by atoms with van der Waals surface area (Å²) in [6, 6.07) is 1.68. The lowest BCUT2D eigenvalue weighted by atomic mass is 10.0. The van der Waals surface area contributed by atoms with E-state index < -0.39 is 29.7 Å². The summed E-state index contributed by atoms with van der Waals surface area (Å²) in [5, 5.41) is 2.37. The van der Waals surface area contributed by atoms with Crippen LogP contribution < -0.4 is 5.32 Å². The predicted octanol–water partition coefficient (Wildman–Crippen LogP) is 3.60. The smallest absolute Gasteiger partial charge is 0.407 e. The van der Waals surface area contributed by atoms with Gasteiger partial charge in [0, 0.05) is 12.5 Å². The number of hydrogen-bond acceptors (Lipinski definition) is 4. The molecule has 0 saturated heterocycles. The van der Waals surface area contributed by atoms with E-state index in [1.807, 2.05) is 0 Å². The van der Waals surface area contributed by atoms with Crippen LogP contribution in [0.15, 0.2) is 18.2 Å². The molecule has 1 rings (SSSR count). The number of esters is 1. The Bertz CT molecular complexity index is 652. The summed E-state index contributed by atoms with van der Waals surface area (Å²) in [5.41, 5.74) is 0.187. The Morgan fingerprint density at radius 2 is 1.85 bits per heavy atom. The highest BCUT2D eigenvalue weighted by molar-refractivity contribution is 5.81. The van der Waals surface area contributed by atoms with Crippen LogP contribution in [0.2, 0.25) is 0 Å². The highest BCUT2D eigenvalue weighted by Gasteiger charge is 2.24. The molecule has 0 aromatic heterocycles. The first-order valence-corrected chi connectivity index (χ1v) is 8.84. The average Bonchev–Trinajstić information content (AvgIpc) is 2.58. The highest BCUT2D eigenvalue weighted by atomic mass is 19.1. The molecule has 1 aromatic rings. The van der Waals surface area contributed by atoms with E-state index in [0.29, 0.717) is 18.4 Å². The maximum absolute atomic E-state index is 13.4. The number of benzene rings is 1. The number of halogens is 2. The van der Waals surface area contributed by atoms with Crippen molar-refractivity contribution in [2.24, 2.45) is 5.92 Å². The van der Waals surface area contributed by atoms with Gasteiger partial charge in [0.1, 0.15) is 17.7 Å². The average molecular weight is 381 g/mol. The molecule has 0 heterocycles. The second-order valence-corrected chi connectivity index (χ2v) is 6.31. The number of terminal acetylenes is 1. The zero-order valence-electron chi connectivity index (χ0n) is 15.6. The zero-order chi connectivity index (χ0) is 20.2. The number of amides is 1. The minimum Gasteiger partial charge on any atom is -0.451 e. The molecule has 0 aliphatic carbocycles. The Labute approximate surface area is 158 Å². The molecule has 148 valence electrons. The molecular weight excluding hydrogens is 356 g/mol. The van der Waals surface area contributed by atoms with Crippen LogP contribution in [0.5, 0.6) is 0 Å². The van der Waals surface area contributed by atoms with E-state index in [-0.39, 0.29) is 25.2 Å². The molecule has 0 aliphatic heterocycles. The molecular formula is C20H25F2NO4. The second-order valence-electron chi connectivity index (χ2n) is 6.31. The van der Waals surface area contributed by atoms with Gasteiger partial charge in [-0.05, 0) is 30.0 Å². The standard InChI is InChI=1S/C20H25F2NO4/c1-4-6-14(3)7-9-27-20(25)23-18(19(24)26-8-5-2)12-15-10-16(21)13-17(22)11-15/h2,10-11,13-14,18H,4,6-9,12H2,1,3H3,(H,23,25)/t14?,18-/m0/s1. The van der Waals surface area contributed by atoms with Crippen LogP contribution in [-0.2, 0) is 20.7 Å². The van der Waals surface area contributed by atoms with Gasteiger partial charge in [-0.15, -0.1) is 6.42 Å². The van der Waals surface area contributed by atoms with Crippen LogP contribution in [0.25, 0.3) is 0 Å². The Kier molecular flexibility index (Phi) is 9.88. The highest BCUT2D eigenvalue weighted by Crippen LogP contribution is 2.12. The van der Waals surface area contributed by atoms with E-state index in [1.54, 1.807) is 0 Å². The molecule has 0 aliphatic rings. The van der Waals surface area contributed by atoms with E-state index in [2.05, 4.69) is 25.1 Å². The monoisotopic (exact) mass is 381 g/mol. The van der Waals surface area contributed by atoms with Crippen LogP contribution in [0.1, 0.15) is 38.7 Å². The molecule has 0 fully saturated rings. The van der Waals surface area contributed by atoms with Crippen LogP contribution >= 0.6 is 0 Å². The zero-order valence-corrected chi connectivity index (χ0v) is 15.6. The summed E-state index contributed by atoms with van der Waals surface area (Å²) in [5.74, 6) is 0.173. The largest absolute Gasteiger partial charge is 0.451 e. The quantitative estimate of drug-likeness (QED) is 0.497. The van der Waals surface area contributed by atoms with Crippen molar-refractivity contribution >= 4 is 12.1 Å². The lowest BCUT2D eigenvalue weighted by Gasteiger charge is -2.18. The van der Waals surface area contributed by atoms with Gasteiger partial charge < -0.3 is 14.8 Å². The molecule has 1 amide bonds. The van der Waals surface area contributed by atoms with Gasteiger partial charge in [-0.2, -0.15) is 0 Å². The first kappa shape index (κ1) is 22.4. The van der Waals surface area contributed by atoms with Crippen molar-refractivity contribution < 1.29 is 27.8 Å². The third-order valence-electron chi connectivity index (χ3n) is 3.86.